The van der Waals surface area contributed by atoms with Crippen LogP contribution in [0.5, 0.6) is 0 Å². The Morgan fingerprint density at radius 1 is 1.00 bits per heavy atom. The first-order valence-electron chi connectivity index (χ1n) is 8.32. The third-order valence-electron chi connectivity index (χ3n) is 4.12. The number of anilines is 1. The highest BCUT2D eigenvalue weighted by molar-refractivity contribution is 9.10. The summed E-state index contributed by atoms with van der Waals surface area (Å²) in [6, 6.07) is 22.1. The van der Waals surface area contributed by atoms with Crippen LogP contribution in [-0.2, 0) is 0 Å². The van der Waals surface area contributed by atoms with Gasteiger partial charge >= 0.3 is 0 Å². The van der Waals surface area contributed by atoms with Gasteiger partial charge in [-0.05, 0) is 70.4 Å². The number of furan rings is 1. The van der Waals surface area contributed by atoms with Gasteiger partial charge in [0.25, 0.3) is 0 Å². The molecular formula is C21H15Br2N3O. The number of rotatable bonds is 4. The molecule has 4 nitrogen and oxygen atoms in total. The summed E-state index contributed by atoms with van der Waals surface area (Å²) in [4.78, 5) is 4.69. The SMILES string of the molecule is C/C(=N/Nc1cc(-c2ccccc2)c2cc(Br)ccc2n1)c1ccc(Br)o1. The molecule has 2 aromatic carbocycles. The number of aromatic nitrogens is 1. The van der Waals surface area contributed by atoms with Gasteiger partial charge in [0.15, 0.2) is 10.4 Å². The molecule has 4 aromatic rings. The van der Waals surface area contributed by atoms with Gasteiger partial charge < -0.3 is 4.42 Å². The highest BCUT2D eigenvalue weighted by Crippen LogP contribution is 2.32. The molecule has 0 unspecified atom stereocenters. The van der Waals surface area contributed by atoms with Crippen LogP contribution in [-0.4, -0.2) is 10.7 Å². The zero-order valence-corrected chi connectivity index (χ0v) is 17.6. The first-order chi connectivity index (χ1) is 13.1. The Labute approximate surface area is 173 Å². The molecule has 0 spiro atoms. The molecule has 4 rings (SSSR count). The highest BCUT2D eigenvalue weighted by atomic mass is 79.9. The van der Waals surface area contributed by atoms with Gasteiger partial charge in [0, 0.05) is 9.86 Å². The van der Waals surface area contributed by atoms with E-state index in [0.717, 1.165) is 32.2 Å². The van der Waals surface area contributed by atoms with Crippen molar-refractivity contribution < 1.29 is 4.42 Å². The zero-order chi connectivity index (χ0) is 18.8. The molecule has 0 atom stereocenters. The molecule has 0 saturated carbocycles. The van der Waals surface area contributed by atoms with Crippen molar-refractivity contribution in [1.29, 1.82) is 0 Å². The van der Waals surface area contributed by atoms with E-state index in [4.69, 9.17) is 9.40 Å². The molecule has 0 saturated heterocycles. The standard InChI is InChI=1S/C21H15Br2N3O/c1-13(19-9-10-20(23)27-19)25-26-21-12-16(14-5-3-2-4-6-14)17-11-15(22)7-8-18(17)24-21/h2-12H,1H3,(H,24,26)/b25-13-. The molecule has 2 aromatic heterocycles. The predicted molar refractivity (Wildman–Crippen MR) is 117 cm³/mol. The summed E-state index contributed by atoms with van der Waals surface area (Å²) in [6.45, 7) is 1.88. The number of hydrogen-bond acceptors (Lipinski definition) is 4. The average molecular weight is 485 g/mol. The largest absolute Gasteiger partial charge is 0.448 e. The number of nitrogens with zero attached hydrogens (tertiary/aromatic N) is 2. The van der Waals surface area contributed by atoms with Gasteiger partial charge in [0.2, 0.25) is 0 Å². The van der Waals surface area contributed by atoms with Crippen molar-refractivity contribution in [1.82, 2.24) is 4.98 Å². The van der Waals surface area contributed by atoms with Crippen LogP contribution in [0.15, 0.2) is 85.4 Å². The normalized spacial score (nSPS) is 11.7. The fourth-order valence-corrected chi connectivity index (χ4v) is 3.48. The third-order valence-corrected chi connectivity index (χ3v) is 5.04. The van der Waals surface area contributed by atoms with E-state index in [2.05, 4.69) is 60.6 Å². The van der Waals surface area contributed by atoms with Crippen molar-refractivity contribution in [3.63, 3.8) is 0 Å². The van der Waals surface area contributed by atoms with Gasteiger partial charge in [-0.1, -0.05) is 46.3 Å². The molecule has 134 valence electrons. The molecule has 2 heterocycles. The Morgan fingerprint density at radius 3 is 2.56 bits per heavy atom. The second-order valence-electron chi connectivity index (χ2n) is 6.00. The summed E-state index contributed by atoms with van der Waals surface area (Å²) in [6.07, 6.45) is 0. The Hall–Kier alpha value is -2.44. The van der Waals surface area contributed by atoms with E-state index in [1.807, 2.05) is 55.5 Å². The number of hydrazone groups is 1. The number of benzene rings is 2. The topological polar surface area (TPSA) is 50.4 Å². The van der Waals surface area contributed by atoms with Gasteiger partial charge in [-0.15, -0.1) is 0 Å². The fourth-order valence-electron chi connectivity index (χ4n) is 2.82. The van der Waals surface area contributed by atoms with Crippen LogP contribution in [0.2, 0.25) is 0 Å². The average Bonchev–Trinajstić information content (AvgIpc) is 3.13. The number of hydrogen-bond donors (Lipinski definition) is 1. The van der Waals surface area contributed by atoms with Crippen molar-refractivity contribution in [2.24, 2.45) is 5.10 Å². The van der Waals surface area contributed by atoms with E-state index >= 15 is 0 Å². The molecule has 0 aliphatic heterocycles. The van der Waals surface area contributed by atoms with Crippen molar-refractivity contribution in [3.8, 4) is 11.1 Å². The van der Waals surface area contributed by atoms with E-state index in [0.29, 0.717) is 16.2 Å². The van der Waals surface area contributed by atoms with Crippen molar-refractivity contribution >= 4 is 54.3 Å². The summed E-state index contributed by atoms with van der Waals surface area (Å²) in [5, 5.41) is 5.50. The number of fused-ring (bicyclic) bond motifs is 1. The van der Waals surface area contributed by atoms with Gasteiger partial charge in [0.05, 0.1) is 5.52 Å². The van der Waals surface area contributed by atoms with Crippen LogP contribution in [0.25, 0.3) is 22.0 Å². The molecule has 0 radical (unpaired) electrons. The fraction of sp³-hybridized carbons (Fsp3) is 0.0476. The van der Waals surface area contributed by atoms with Crippen molar-refractivity contribution in [2.45, 2.75) is 6.92 Å². The molecule has 0 bridgehead atoms. The monoisotopic (exact) mass is 483 g/mol. The van der Waals surface area contributed by atoms with E-state index in [1.54, 1.807) is 0 Å². The van der Waals surface area contributed by atoms with Crippen LogP contribution in [0, 0.1) is 0 Å². The second-order valence-corrected chi connectivity index (χ2v) is 7.69. The molecule has 0 aliphatic carbocycles. The zero-order valence-electron chi connectivity index (χ0n) is 14.4. The lowest BCUT2D eigenvalue weighted by Crippen LogP contribution is -2.00. The summed E-state index contributed by atoms with van der Waals surface area (Å²) < 4.78 is 7.22. The van der Waals surface area contributed by atoms with Gasteiger partial charge in [-0.2, -0.15) is 5.10 Å². The summed E-state index contributed by atoms with van der Waals surface area (Å²) >= 11 is 6.86. The Kier molecular flexibility index (Phi) is 5.09. The van der Waals surface area contributed by atoms with Crippen molar-refractivity contribution in [3.05, 3.63) is 81.6 Å². The second kappa shape index (κ2) is 7.66. The van der Waals surface area contributed by atoms with Gasteiger partial charge in [-0.3, -0.25) is 5.43 Å². The van der Waals surface area contributed by atoms with Gasteiger partial charge in [0.1, 0.15) is 11.5 Å². The number of halogens is 2. The van der Waals surface area contributed by atoms with Crippen molar-refractivity contribution in [2.75, 3.05) is 5.43 Å². The molecule has 0 fully saturated rings. The lowest BCUT2D eigenvalue weighted by atomic mass is 10.0. The lowest BCUT2D eigenvalue weighted by molar-refractivity contribution is 0.532. The molecule has 1 N–H and O–H groups in total. The summed E-state index contributed by atoms with van der Waals surface area (Å²) in [5.41, 5.74) is 6.92. The van der Waals surface area contributed by atoms with Crippen LogP contribution in [0.1, 0.15) is 12.7 Å². The summed E-state index contributed by atoms with van der Waals surface area (Å²) in [7, 11) is 0. The minimum Gasteiger partial charge on any atom is -0.448 e. The maximum absolute atomic E-state index is 5.53. The first kappa shape index (κ1) is 17.9. The molecule has 6 heteroatoms. The lowest BCUT2D eigenvalue weighted by Gasteiger charge is -2.10. The highest BCUT2D eigenvalue weighted by Gasteiger charge is 2.09. The van der Waals surface area contributed by atoms with Crippen LogP contribution >= 0.6 is 31.9 Å². The molecular weight excluding hydrogens is 470 g/mol. The smallest absolute Gasteiger partial charge is 0.169 e. The first-order valence-corrected chi connectivity index (χ1v) is 9.90. The molecule has 0 amide bonds. The van der Waals surface area contributed by atoms with E-state index in [9.17, 15) is 0 Å². The summed E-state index contributed by atoms with van der Waals surface area (Å²) in [5.74, 6) is 1.37. The van der Waals surface area contributed by atoms with Crippen LogP contribution < -0.4 is 5.43 Å². The minimum absolute atomic E-state index is 0.674. The van der Waals surface area contributed by atoms with E-state index in [-0.39, 0.29) is 0 Å². The maximum atomic E-state index is 5.53. The Bertz CT molecular complexity index is 1140. The molecule has 27 heavy (non-hydrogen) atoms. The van der Waals surface area contributed by atoms with Crippen LogP contribution in [0.4, 0.5) is 5.82 Å². The van der Waals surface area contributed by atoms with Crippen LogP contribution in [0.3, 0.4) is 0 Å². The number of pyridine rings is 1. The molecule has 0 aliphatic rings. The maximum Gasteiger partial charge on any atom is 0.169 e. The Morgan fingerprint density at radius 2 is 1.81 bits per heavy atom. The number of nitrogens with one attached hydrogen (secondary N) is 1. The predicted octanol–water partition coefficient (Wildman–Crippen LogP) is 6.86. The van der Waals surface area contributed by atoms with E-state index in [1.165, 1.54) is 0 Å². The minimum atomic E-state index is 0.674. The Balaban J connectivity index is 1.77. The quantitative estimate of drug-likeness (QED) is 0.254. The third kappa shape index (κ3) is 3.96. The van der Waals surface area contributed by atoms with Gasteiger partial charge in [-0.25, -0.2) is 4.98 Å². The van der Waals surface area contributed by atoms with E-state index < -0.39 is 0 Å².